The van der Waals surface area contributed by atoms with Crippen LogP contribution in [0, 0.1) is 5.92 Å². The predicted octanol–water partition coefficient (Wildman–Crippen LogP) is 1.07. The lowest BCUT2D eigenvalue weighted by Gasteiger charge is -2.35. The largest absolute Gasteiger partial charge is 0.354 e. The number of rotatable bonds is 4. The molecule has 0 bridgehead atoms. The summed E-state index contributed by atoms with van der Waals surface area (Å²) in [5.41, 5.74) is 6.84. The summed E-state index contributed by atoms with van der Waals surface area (Å²) in [6.45, 7) is 6.43. The van der Waals surface area contributed by atoms with Crippen molar-refractivity contribution in [1.82, 2.24) is 9.88 Å². The van der Waals surface area contributed by atoms with E-state index in [1.54, 1.807) is 0 Å². The first-order valence-electron chi connectivity index (χ1n) is 6.97. The first-order chi connectivity index (χ1) is 8.85. The lowest BCUT2D eigenvalue weighted by atomic mass is 10.2. The van der Waals surface area contributed by atoms with Gasteiger partial charge in [0, 0.05) is 45.5 Å². The van der Waals surface area contributed by atoms with Crippen LogP contribution in [-0.4, -0.2) is 42.6 Å². The summed E-state index contributed by atoms with van der Waals surface area (Å²) in [6, 6.07) is 4.11. The van der Waals surface area contributed by atoms with Crippen LogP contribution in [0.1, 0.15) is 18.4 Å². The first kappa shape index (κ1) is 11.9. The van der Waals surface area contributed by atoms with Gasteiger partial charge in [0.1, 0.15) is 5.82 Å². The maximum Gasteiger partial charge on any atom is 0.128 e. The molecule has 2 aliphatic rings. The molecule has 0 radical (unpaired) electrons. The molecule has 2 N–H and O–H groups in total. The number of anilines is 1. The van der Waals surface area contributed by atoms with E-state index < -0.39 is 0 Å². The van der Waals surface area contributed by atoms with E-state index in [0.29, 0.717) is 6.54 Å². The number of hydrogen-bond acceptors (Lipinski definition) is 4. The molecule has 1 aromatic rings. The maximum atomic E-state index is 5.68. The van der Waals surface area contributed by atoms with Crippen LogP contribution in [-0.2, 0) is 6.54 Å². The second-order valence-electron chi connectivity index (χ2n) is 5.46. The SMILES string of the molecule is NCc1ccnc(N2CCN(CC3CC3)CC2)c1. The van der Waals surface area contributed by atoms with Gasteiger partial charge in [0.05, 0.1) is 0 Å². The van der Waals surface area contributed by atoms with Gasteiger partial charge in [0.15, 0.2) is 0 Å². The van der Waals surface area contributed by atoms with Gasteiger partial charge >= 0.3 is 0 Å². The van der Waals surface area contributed by atoms with Crippen molar-refractivity contribution in [3.8, 4) is 0 Å². The van der Waals surface area contributed by atoms with Gasteiger partial charge in [-0.2, -0.15) is 0 Å². The monoisotopic (exact) mass is 246 g/mol. The van der Waals surface area contributed by atoms with Crippen LogP contribution in [0.25, 0.3) is 0 Å². The third kappa shape index (κ3) is 2.82. The Labute approximate surface area is 109 Å². The molecule has 4 heteroatoms. The molecule has 0 atom stereocenters. The highest BCUT2D eigenvalue weighted by molar-refractivity contribution is 5.41. The number of piperazine rings is 1. The Morgan fingerprint density at radius 2 is 2.00 bits per heavy atom. The fourth-order valence-electron chi connectivity index (χ4n) is 2.59. The zero-order valence-electron chi connectivity index (χ0n) is 10.9. The summed E-state index contributed by atoms with van der Waals surface area (Å²) in [7, 11) is 0. The summed E-state index contributed by atoms with van der Waals surface area (Å²) in [5.74, 6) is 2.08. The van der Waals surface area contributed by atoms with Crippen LogP contribution in [0.3, 0.4) is 0 Å². The van der Waals surface area contributed by atoms with Gasteiger partial charge in [-0.15, -0.1) is 0 Å². The molecule has 1 saturated carbocycles. The van der Waals surface area contributed by atoms with Crippen molar-refractivity contribution in [1.29, 1.82) is 0 Å². The fraction of sp³-hybridized carbons (Fsp3) is 0.643. The molecule has 2 heterocycles. The van der Waals surface area contributed by atoms with Crippen LogP contribution in [0.4, 0.5) is 5.82 Å². The second-order valence-corrected chi connectivity index (χ2v) is 5.46. The number of pyridine rings is 1. The van der Waals surface area contributed by atoms with Gasteiger partial charge in [0.25, 0.3) is 0 Å². The summed E-state index contributed by atoms with van der Waals surface area (Å²) < 4.78 is 0. The molecular weight excluding hydrogens is 224 g/mol. The average Bonchev–Trinajstić information content (AvgIpc) is 3.24. The summed E-state index contributed by atoms with van der Waals surface area (Å²) >= 11 is 0. The van der Waals surface area contributed by atoms with Crippen molar-refractivity contribution in [2.45, 2.75) is 19.4 Å². The minimum Gasteiger partial charge on any atom is -0.354 e. The first-order valence-corrected chi connectivity index (χ1v) is 6.97. The molecular formula is C14H22N4. The van der Waals surface area contributed by atoms with Crippen molar-refractivity contribution in [3.63, 3.8) is 0 Å². The van der Waals surface area contributed by atoms with E-state index in [0.717, 1.165) is 24.8 Å². The molecule has 4 nitrogen and oxygen atoms in total. The molecule has 98 valence electrons. The molecule has 1 aliphatic heterocycles. The van der Waals surface area contributed by atoms with Crippen molar-refractivity contribution in [2.75, 3.05) is 37.6 Å². The van der Waals surface area contributed by atoms with Gasteiger partial charge in [0.2, 0.25) is 0 Å². The van der Waals surface area contributed by atoms with Crippen LogP contribution in [0.15, 0.2) is 18.3 Å². The van der Waals surface area contributed by atoms with Gasteiger partial charge in [-0.05, 0) is 36.5 Å². The molecule has 3 rings (SSSR count). The van der Waals surface area contributed by atoms with Gasteiger partial charge in [-0.1, -0.05) is 0 Å². The summed E-state index contributed by atoms with van der Waals surface area (Å²) in [6.07, 6.45) is 4.76. The summed E-state index contributed by atoms with van der Waals surface area (Å²) in [4.78, 5) is 9.44. The number of aromatic nitrogens is 1. The third-order valence-electron chi connectivity index (χ3n) is 3.96. The second kappa shape index (κ2) is 5.24. The minimum absolute atomic E-state index is 0.594. The highest BCUT2D eigenvalue weighted by Gasteiger charge is 2.26. The smallest absolute Gasteiger partial charge is 0.128 e. The maximum absolute atomic E-state index is 5.68. The van der Waals surface area contributed by atoms with E-state index in [1.807, 2.05) is 12.3 Å². The normalized spacial score (nSPS) is 21.3. The van der Waals surface area contributed by atoms with Crippen molar-refractivity contribution in [2.24, 2.45) is 11.7 Å². The number of nitrogens with zero attached hydrogens (tertiary/aromatic N) is 3. The zero-order chi connectivity index (χ0) is 12.4. The van der Waals surface area contributed by atoms with Crippen LogP contribution in [0.2, 0.25) is 0 Å². The van der Waals surface area contributed by atoms with Crippen LogP contribution >= 0.6 is 0 Å². The molecule has 1 aliphatic carbocycles. The standard InChI is InChI=1S/C14H22N4/c15-10-13-3-4-16-14(9-13)18-7-5-17(6-8-18)11-12-1-2-12/h3-4,9,12H,1-2,5-8,10-11,15H2. The Kier molecular flexibility index (Phi) is 3.48. The Morgan fingerprint density at radius 3 is 2.67 bits per heavy atom. The lowest BCUT2D eigenvalue weighted by molar-refractivity contribution is 0.247. The van der Waals surface area contributed by atoms with E-state index in [4.69, 9.17) is 5.73 Å². The van der Waals surface area contributed by atoms with E-state index >= 15 is 0 Å². The topological polar surface area (TPSA) is 45.4 Å². The van der Waals surface area contributed by atoms with E-state index in [2.05, 4.69) is 20.9 Å². The fourth-order valence-corrected chi connectivity index (χ4v) is 2.59. The van der Waals surface area contributed by atoms with Crippen molar-refractivity contribution < 1.29 is 0 Å². The lowest BCUT2D eigenvalue weighted by Crippen LogP contribution is -2.47. The number of hydrogen-bond donors (Lipinski definition) is 1. The van der Waals surface area contributed by atoms with E-state index in [9.17, 15) is 0 Å². The molecule has 0 unspecified atom stereocenters. The molecule has 0 aromatic carbocycles. The van der Waals surface area contributed by atoms with Crippen molar-refractivity contribution in [3.05, 3.63) is 23.9 Å². The van der Waals surface area contributed by atoms with E-state index in [-0.39, 0.29) is 0 Å². The van der Waals surface area contributed by atoms with Crippen LogP contribution < -0.4 is 10.6 Å². The Morgan fingerprint density at radius 1 is 1.22 bits per heavy atom. The van der Waals surface area contributed by atoms with Gasteiger partial charge in [-0.3, -0.25) is 4.90 Å². The van der Waals surface area contributed by atoms with Gasteiger partial charge < -0.3 is 10.6 Å². The van der Waals surface area contributed by atoms with Crippen LogP contribution in [0.5, 0.6) is 0 Å². The molecule has 1 saturated heterocycles. The van der Waals surface area contributed by atoms with E-state index in [1.165, 1.54) is 38.0 Å². The predicted molar refractivity (Wildman–Crippen MR) is 73.5 cm³/mol. The minimum atomic E-state index is 0.594. The average molecular weight is 246 g/mol. The Balaban J connectivity index is 1.57. The molecule has 1 aromatic heterocycles. The van der Waals surface area contributed by atoms with Gasteiger partial charge in [-0.25, -0.2) is 4.98 Å². The molecule has 2 fully saturated rings. The number of nitrogens with two attached hydrogens (primary N) is 1. The Hall–Kier alpha value is -1.13. The zero-order valence-corrected chi connectivity index (χ0v) is 10.9. The Bertz CT molecular complexity index is 395. The highest BCUT2D eigenvalue weighted by Crippen LogP contribution is 2.30. The third-order valence-corrected chi connectivity index (χ3v) is 3.96. The highest BCUT2D eigenvalue weighted by atomic mass is 15.3. The molecule has 18 heavy (non-hydrogen) atoms. The quantitative estimate of drug-likeness (QED) is 0.863. The summed E-state index contributed by atoms with van der Waals surface area (Å²) in [5, 5.41) is 0. The van der Waals surface area contributed by atoms with Crippen molar-refractivity contribution >= 4 is 5.82 Å². The molecule has 0 amide bonds. The molecule has 0 spiro atoms.